The molecule has 0 aromatic heterocycles. The van der Waals surface area contributed by atoms with Crippen LogP contribution in [0.3, 0.4) is 0 Å². The molecule has 0 bridgehead atoms. The molecule has 0 fully saturated rings. The van der Waals surface area contributed by atoms with Crippen molar-refractivity contribution in [3.63, 3.8) is 0 Å². The van der Waals surface area contributed by atoms with E-state index in [1.165, 1.54) is 111 Å². The van der Waals surface area contributed by atoms with Gasteiger partial charge < -0.3 is 9.80 Å². The summed E-state index contributed by atoms with van der Waals surface area (Å²) in [4.78, 5) is 5.25. The van der Waals surface area contributed by atoms with Gasteiger partial charge in [0.05, 0.1) is 5.69 Å². The maximum Gasteiger partial charge on any atom is 0.252 e. The molecule has 242 valence electrons. The molecule has 0 saturated carbocycles. The van der Waals surface area contributed by atoms with Crippen molar-refractivity contribution in [2.75, 3.05) is 9.80 Å². The molecular weight excluding hydrogens is 615 g/mol. The van der Waals surface area contributed by atoms with Gasteiger partial charge >= 0.3 is 0 Å². The van der Waals surface area contributed by atoms with Crippen LogP contribution in [-0.2, 0) is 25.7 Å². The van der Waals surface area contributed by atoms with E-state index < -0.39 is 0 Å². The highest BCUT2D eigenvalue weighted by atomic mass is 15.2. The number of hydrogen-bond donors (Lipinski definition) is 0. The molecule has 2 aliphatic heterocycles. The van der Waals surface area contributed by atoms with Crippen molar-refractivity contribution in [3.05, 3.63) is 174 Å². The highest BCUT2D eigenvalue weighted by molar-refractivity contribution is 7.00. The largest absolute Gasteiger partial charge is 0.311 e. The highest BCUT2D eigenvalue weighted by Crippen LogP contribution is 2.49. The van der Waals surface area contributed by atoms with E-state index in [9.17, 15) is 0 Å². The molecule has 2 aliphatic carbocycles. The van der Waals surface area contributed by atoms with E-state index in [0.717, 1.165) is 0 Å². The van der Waals surface area contributed by atoms with Gasteiger partial charge in [-0.05, 0) is 142 Å². The Morgan fingerprint density at radius 1 is 0.392 bits per heavy atom. The van der Waals surface area contributed by atoms with Gasteiger partial charge in [0.25, 0.3) is 6.71 Å². The van der Waals surface area contributed by atoms with Crippen LogP contribution < -0.4 is 26.2 Å². The minimum absolute atomic E-state index is 0.145. The van der Waals surface area contributed by atoms with Crippen LogP contribution in [0.2, 0.25) is 0 Å². The van der Waals surface area contributed by atoms with Crippen LogP contribution in [0.1, 0.15) is 35.1 Å². The molecule has 4 aliphatic rings. The van der Waals surface area contributed by atoms with Crippen molar-refractivity contribution in [2.24, 2.45) is 0 Å². The molecule has 0 N–H and O–H groups in total. The smallest absolute Gasteiger partial charge is 0.252 e. The van der Waals surface area contributed by atoms with Gasteiger partial charge in [-0.1, -0.05) is 109 Å². The third-order valence-electron chi connectivity index (χ3n) is 11.9. The van der Waals surface area contributed by atoms with Crippen LogP contribution in [0.4, 0.5) is 34.1 Å². The lowest BCUT2D eigenvalue weighted by Crippen LogP contribution is -2.61. The predicted molar refractivity (Wildman–Crippen MR) is 215 cm³/mol. The van der Waals surface area contributed by atoms with Crippen LogP contribution in [0.5, 0.6) is 0 Å². The maximum atomic E-state index is 2.70. The van der Waals surface area contributed by atoms with Gasteiger partial charge in [-0.25, -0.2) is 0 Å². The van der Waals surface area contributed by atoms with Crippen molar-refractivity contribution in [1.82, 2.24) is 0 Å². The van der Waals surface area contributed by atoms with Crippen LogP contribution in [-0.4, -0.2) is 6.71 Å². The fourth-order valence-electron chi connectivity index (χ4n) is 9.75. The Hall–Kier alpha value is -5.80. The van der Waals surface area contributed by atoms with Crippen molar-refractivity contribution < 1.29 is 0 Å². The molecule has 7 aromatic rings. The fourth-order valence-corrected chi connectivity index (χ4v) is 9.75. The molecule has 0 atom stereocenters. The lowest BCUT2D eigenvalue weighted by Gasteiger charge is -2.45. The molecule has 0 spiro atoms. The second-order valence-corrected chi connectivity index (χ2v) is 14.6. The third-order valence-corrected chi connectivity index (χ3v) is 11.9. The summed E-state index contributed by atoms with van der Waals surface area (Å²) in [7, 11) is 0. The van der Waals surface area contributed by atoms with Gasteiger partial charge in [0.15, 0.2) is 0 Å². The molecule has 3 heteroatoms. The van der Waals surface area contributed by atoms with E-state index in [4.69, 9.17) is 0 Å². The second kappa shape index (κ2) is 11.4. The summed E-state index contributed by atoms with van der Waals surface area (Å²) in [5.74, 6) is 0. The van der Waals surface area contributed by atoms with Gasteiger partial charge in [0, 0.05) is 28.4 Å². The number of anilines is 6. The summed E-state index contributed by atoms with van der Waals surface area (Å²) in [5, 5.41) is 0. The minimum atomic E-state index is 0.145. The van der Waals surface area contributed by atoms with Crippen LogP contribution in [0, 0.1) is 0 Å². The number of rotatable bonds is 4. The number of benzene rings is 7. The quantitative estimate of drug-likeness (QED) is 0.175. The molecule has 0 unspecified atom stereocenters. The zero-order valence-electron chi connectivity index (χ0n) is 28.6. The monoisotopic (exact) mass is 652 g/mol. The van der Waals surface area contributed by atoms with Gasteiger partial charge in [0.1, 0.15) is 0 Å². The van der Waals surface area contributed by atoms with Gasteiger partial charge in [-0.3, -0.25) is 0 Å². The van der Waals surface area contributed by atoms with E-state index >= 15 is 0 Å². The van der Waals surface area contributed by atoms with Gasteiger partial charge in [-0.15, -0.1) is 0 Å². The molecule has 0 amide bonds. The maximum absolute atomic E-state index is 2.70. The molecule has 7 aromatic carbocycles. The summed E-state index contributed by atoms with van der Waals surface area (Å²) in [6, 6.07) is 56.8. The average molecular weight is 653 g/mol. The second-order valence-electron chi connectivity index (χ2n) is 14.6. The normalized spacial score (nSPS) is 14.9. The Bertz CT molecular complexity index is 2410. The molecule has 0 saturated heterocycles. The standard InChI is InChI=1S/C48H37BN2/c1-3-14-32(15-4-1)36-29-37(33-16-5-2-6-17-33)31-38(30-36)50-43-24-9-7-22-41(43)49-42-23-8-10-25-44(42)51(46-27-13-26-45(50)47(46)49)48-39-20-11-18-34(39)28-35-19-12-21-40(35)48/h1-10,13-17,22-31H,11-12,18-21H2. The molecular formula is C48H37BN2. The van der Waals surface area contributed by atoms with Crippen LogP contribution in [0.15, 0.2) is 152 Å². The zero-order valence-corrected chi connectivity index (χ0v) is 28.6. The van der Waals surface area contributed by atoms with Crippen molar-refractivity contribution in [2.45, 2.75) is 38.5 Å². The Morgan fingerprint density at radius 2 is 0.882 bits per heavy atom. The topological polar surface area (TPSA) is 6.48 Å². The molecule has 11 rings (SSSR count). The van der Waals surface area contributed by atoms with Crippen LogP contribution >= 0.6 is 0 Å². The van der Waals surface area contributed by atoms with E-state index in [2.05, 4.69) is 161 Å². The van der Waals surface area contributed by atoms with E-state index in [0.29, 0.717) is 0 Å². The Balaban J connectivity index is 1.19. The lowest BCUT2D eigenvalue weighted by molar-refractivity contribution is 0.896. The first-order valence-corrected chi connectivity index (χ1v) is 18.7. The molecule has 2 nitrogen and oxygen atoms in total. The van der Waals surface area contributed by atoms with Crippen LogP contribution in [0.25, 0.3) is 22.3 Å². The first-order chi connectivity index (χ1) is 25.3. The van der Waals surface area contributed by atoms with Crippen molar-refractivity contribution in [1.29, 1.82) is 0 Å². The Kier molecular flexibility index (Phi) is 6.46. The van der Waals surface area contributed by atoms with Gasteiger partial charge in [-0.2, -0.15) is 0 Å². The third kappa shape index (κ3) is 4.37. The highest BCUT2D eigenvalue weighted by Gasteiger charge is 2.44. The summed E-state index contributed by atoms with van der Waals surface area (Å²) < 4.78 is 0. The number of hydrogen-bond acceptors (Lipinski definition) is 2. The number of nitrogens with zero attached hydrogens (tertiary/aromatic N) is 2. The summed E-state index contributed by atoms with van der Waals surface area (Å²) in [6.07, 6.45) is 7.22. The van der Waals surface area contributed by atoms with E-state index in [1.54, 1.807) is 22.3 Å². The Morgan fingerprint density at radius 3 is 1.47 bits per heavy atom. The zero-order chi connectivity index (χ0) is 33.5. The molecule has 51 heavy (non-hydrogen) atoms. The summed E-state index contributed by atoms with van der Waals surface area (Å²) >= 11 is 0. The van der Waals surface area contributed by atoms with E-state index in [1.807, 2.05) is 0 Å². The number of aryl methyl sites for hydroxylation is 2. The average Bonchev–Trinajstić information content (AvgIpc) is 3.87. The van der Waals surface area contributed by atoms with Crippen molar-refractivity contribution in [3.8, 4) is 22.3 Å². The summed E-state index contributed by atoms with van der Waals surface area (Å²) in [5.41, 5.74) is 23.2. The van der Waals surface area contributed by atoms with Crippen molar-refractivity contribution >= 4 is 57.2 Å². The van der Waals surface area contributed by atoms with Gasteiger partial charge in [0.2, 0.25) is 0 Å². The number of para-hydroxylation sites is 2. The number of fused-ring (bicyclic) bond motifs is 6. The lowest BCUT2D eigenvalue weighted by atomic mass is 9.33. The molecule has 0 radical (unpaired) electrons. The first-order valence-electron chi connectivity index (χ1n) is 18.7. The Labute approximate surface area is 300 Å². The summed E-state index contributed by atoms with van der Waals surface area (Å²) in [6.45, 7) is 0.145. The minimum Gasteiger partial charge on any atom is -0.311 e. The van der Waals surface area contributed by atoms with E-state index in [-0.39, 0.29) is 6.71 Å². The molecule has 2 heterocycles. The fraction of sp³-hybridized carbons (Fsp3) is 0.125. The predicted octanol–water partition coefficient (Wildman–Crippen LogP) is 10.1. The first kappa shape index (κ1) is 29.0. The SMILES string of the molecule is c1ccc(-c2cc(-c3ccccc3)cc(N3c4ccccc4B4c5ccccc5N(c5c6c(cc7c5CCC7)CCC6)c5cccc3c54)c2)cc1.